The number of hydrogen-bond donors (Lipinski definition) is 1. The number of hydrogen-bond acceptors (Lipinski definition) is 3. The Labute approximate surface area is 115 Å². The van der Waals surface area contributed by atoms with Gasteiger partial charge in [0.25, 0.3) is 0 Å². The summed E-state index contributed by atoms with van der Waals surface area (Å²) in [6.07, 6.45) is 2.27. The van der Waals surface area contributed by atoms with Crippen LogP contribution in [0.2, 0.25) is 0 Å². The van der Waals surface area contributed by atoms with Crippen molar-refractivity contribution >= 4 is 17.3 Å². The molecule has 1 aliphatic heterocycles. The third kappa shape index (κ3) is 3.40. The summed E-state index contributed by atoms with van der Waals surface area (Å²) < 4.78 is 0. The van der Waals surface area contributed by atoms with E-state index >= 15 is 0 Å². The van der Waals surface area contributed by atoms with Gasteiger partial charge in [0.1, 0.15) is 6.04 Å². The Bertz CT molecular complexity index is 422. The number of benzene rings is 1. The highest BCUT2D eigenvalue weighted by Crippen LogP contribution is 2.17. The first kappa shape index (κ1) is 13.7. The quantitative estimate of drug-likeness (QED) is 0.902. The van der Waals surface area contributed by atoms with Gasteiger partial charge < -0.3 is 15.1 Å². The maximum absolute atomic E-state index is 12.2. The minimum absolute atomic E-state index is 0.164. The summed E-state index contributed by atoms with van der Waals surface area (Å²) in [5.74, 6) is 0.203. The normalized spacial score (nSPS) is 16.3. The van der Waals surface area contributed by atoms with Gasteiger partial charge in [-0.05, 0) is 44.0 Å². The van der Waals surface area contributed by atoms with E-state index in [2.05, 4.69) is 22.3 Å². The Kier molecular flexibility index (Phi) is 4.30. The molecule has 4 heteroatoms. The molecule has 0 saturated carbocycles. The molecule has 4 nitrogen and oxygen atoms in total. The van der Waals surface area contributed by atoms with Crippen molar-refractivity contribution < 1.29 is 4.79 Å². The standard InChI is InChI=1S/C15H23N3O/c1-12(15(19)18-10-4-5-11-18)16-13-6-8-14(9-7-13)17(2)3/h6-9,12,16H,4-5,10-11H2,1-3H3. The van der Waals surface area contributed by atoms with E-state index in [9.17, 15) is 4.79 Å². The van der Waals surface area contributed by atoms with Crippen molar-refractivity contribution in [3.8, 4) is 0 Å². The molecule has 0 radical (unpaired) electrons. The fourth-order valence-electron chi connectivity index (χ4n) is 2.38. The van der Waals surface area contributed by atoms with Gasteiger partial charge in [-0.3, -0.25) is 4.79 Å². The van der Waals surface area contributed by atoms with Crippen LogP contribution in [0.3, 0.4) is 0 Å². The van der Waals surface area contributed by atoms with Crippen LogP contribution in [0.15, 0.2) is 24.3 Å². The van der Waals surface area contributed by atoms with Crippen molar-refractivity contribution in [3.63, 3.8) is 0 Å². The van der Waals surface area contributed by atoms with Crippen molar-refractivity contribution in [2.75, 3.05) is 37.4 Å². The number of carbonyl (C=O) groups excluding carboxylic acids is 1. The van der Waals surface area contributed by atoms with Crippen LogP contribution >= 0.6 is 0 Å². The lowest BCUT2D eigenvalue weighted by Gasteiger charge is -2.22. The predicted octanol–water partition coefficient (Wildman–Crippen LogP) is 2.18. The number of rotatable bonds is 4. The van der Waals surface area contributed by atoms with Crippen molar-refractivity contribution in [3.05, 3.63) is 24.3 Å². The van der Waals surface area contributed by atoms with Crippen LogP contribution in [0.5, 0.6) is 0 Å². The van der Waals surface area contributed by atoms with E-state index in [0.717, 1.165) is 37.3 Å². The second-order valence-corrected chi connectivity index (χ2v) is 5.34. The van der Waals surface area contributed by atoms with Gasteiger partial charge in [0.05, 0.1) is 0 Å². The third-order valence-electron chi connectivity index (χ3n) is 3.56. The van der Waals surface area contributed by atoms with E-state index in [0.29, 0.717) is 0 Å². The monoisotopic (exact) mass is 261 g/mol. The van der Waals surface area contributed by atoms with Crippen molar-refractivity contribution in [2.45, 2.75) is 25.8 Å². The average Bonchev–Trinajstić information content (AvgIpc) is 2.92. The van der Waals surface area contributed by atoms with Crippen LogP contribution in [0.25, 0.3) is 0 Å². The summed E-state index contributed by atoms with van der Waals surface area (Å²) in [5.41, 5.74) is 2.15. The van der Waals surface area contributed by atoms with Crippen LogP contribution in [0.1, 0.15) is 19.8 Å². The van der Waals surface area contributed by atoms with Crippen molar-refractivity contribution in [1.82, 2.24) is 4.90 Å². The molecule has 2 rings (SSSR count). The number of carbonyl (C=O) groups is 1. The third-order valence-corrected chi connectivity index (χ3v) is 3.56. The summed E-state index contributed by atoms with van der Waals surface area (Å²) >= 11 is 0. The van der Waals surface area contributed by atoms with E-state index in [4.69, 9.17) is 0 Å². The molecule has 1 atom stereocenters. The van der Waals surface area contributed by atoms with Gasteiger partial charge in [-0.25, -0.2) is 0 Å². The van der Waals surface area contributed by atoms with Crippen LogP contribution in [-0.2, 0) is 4.79 Å². The van der Waals surface area contributed by atoms with Crippen LogP contribution < -0.4 is 10.2 Å². The van der Waals surface area contributed by atoms with Gasteiger partial charge in [0, 0.05) is 38.6 Å². The van der Waals surface area contributed by atoms with E-state index in [-0.39, 0.29) is 11.9 Å². The zero-order chi connectivity index (χ0) is 13.8. The van der Waals surface area contributed by atoms with Gasteiger partial charge in [0.2, 0.25) is 5.91 Å². The molecule has 1 heterocycles. The largest absolute Gasteiger partial charge is 0.378 e. The number of amides is 1. The van der Waals surface area contributed by atoms with Gasteiger partial charge >= 0.3 is 0 Å². The molecule has 0 aliphatic carbocycles. The lowest BCUT2D eigenvalue weighted by Crippen LogP contribution is -2.39. The van der Waals surface area contributed by atoms with Crippen molar-refractivity contribution in [2.24, 2.45) is 0 Å². The molecule has 1 N–H and O–H groups in total. The Hall–Kier alpha value is -1.71. The second kappa shape index (κ2) is 5.95. The Balaban J connectivity index is 1.94. The van der Waals surface area contributed by atoms with Gasteiger partial charge in [-0.1, -0.05) is 0 Å². The highest BCUT2D eigenvalue weighted by Gasteiger charge is 2.22. The van der Waals surface area contributed by atoms with Gasteiger partial charge in [-0.2, -0.15) is 0 Å². The number of likely N-dealkylation sites (tertiary alicyclic amines) is 1. The fraction of sp³-hybridized carbons (Fsp3) is 0.533. The molecular weight excluding hydrogens is 238 g/mol. The summed E-state index contributed by atoms with van der Waals surface area (Å²) in [5, 5.41) is 3.27. The average molecular weight is 261 g/mol. The Morgan fingerprint density at radius 2 is 1.79 bits per heavy atom. The summed E-state index contributed by atoms with van der Waals surface area (Å²) in [4.78, 5) is 16.2. The van der Waals surface area contributed by atoms with E-state index in [1.165, 1.54) is 0 Å². The number of nitrogens with one attached hydrogen (secondary N) is 1. The topological polar surface area (TPSA) is 35.6 Å². The number of anilines is 2. The minimum atomic E-state index is -0.164. The molecule has 1 saturated heterocycles. The van der Waals surface area contributed by atoms with E-state index in [1.54, 1.807) is 0 Å². The summed E-state index contributed by atoms with van der Waals surface area (Å²) in [6.45, 7) is 3.75. The highest BCUT2D eigenvalue weighted by atomic mass is 16.2. The highest BCUT2D eigenvalue weighted by molar-refractivity contribution is 5.84. The molecule has 1 fully saturated rings. The molecule has 19 heavy (non-hydrogen) atoms. The zero-order valence-corrected chi connectivity index (χ0v) is 12.0. The molecule has 1 unspecified atom stereocenters. The molecule has 0 spiro atoms. The first-order valence-corrected chi connectivity index (χ1v) is 6.90. The molecule has 104 valence electrons. The van der Waals surface area contributed by atoms with Crippen LogP contribution in [0.4, 0.5) is 11.4 Å². The van der Waals surface area contributed by atoms with Crippen LogP contribution in [-0.4, -0.2) is 44.0 Å². The van der Waals surface area contributed by atoms with Crippen LogP contribution in [0, 0.1) is 0 Å². The van der Waals surface area contributed by atoms with Gasteiger partial charge in [0.15, 0.2) is 0 Å². The molecule has 1 aromatic rings. The molecule has 1 aliphatic rings. The smallest absolute Gasteiger partial charge is 0.244 e. The van der Waals surface area contributed by atoms with Gasteiger partial charge in [-0.15, -0.1) is 0 Å². The SMILES string of the molecule is CC(Nc1ccc(N(C)C)cc1)C(=O)N1CCCC1. The maximum atomic E-state index is 12.2. The first-order valence-electron chi connectivity index (χ1n) is 6.90. The zero-order valence-electron chi connectivity index (χ0n) is 12.0. The van der Waals surface area contributed by atoms with E-state index in [1.807, 2.05) is 38.1 Å². The summed E-state index contributed by atoms with van der Waals surface area (Å²) in [6, 6.07) is 7.97. The molecule has 1 amide bonds. The van der Waals surface area contributed by atoms with E-state index < -0.39 is 0 Å². The minimum Gasteiger partial charge on any atom is -0.378 e. The maximum Gasteiger partial charge on any atom is 0.244 e. The molecule has 0 bridgehead atoms. The lowest BCUT2D eigenvalue weighted by molar-refractivity contribution is -0.130. The fourth-order valence-corrected chi connectivity index (χ4v) is 2.38. The molecule has 1 aromatic carbocycles. The number of nitrogens with zero attached hydrogens (tertiary/aromatic N) is 2. The lowest BCUT2D eigenvalue weighted by atomic mass is 10.2. The van der Waals surface area contributed by atoms with Crippen molar-refractivity contribution in [1.29, 1.82) is 0 Å². The Morgan fingerprint density at radius 3 is 2.32 bits per heavy atom. The Morgan fingerprint density at radius 1 is 1.21 bits per heavy atom. The predicted molar refractivity (Wildman–Crippen MR) is 79.7 cm³/mol. The molecule has 0 aromatic heterocycles. The first-order chi connectivity index (χ1) is 9.08. The molecular formula is C15H23N3O. The summed E-state index contributed by atoms with van der Waals surface area (Å²) in [7, 11) is 4.03. The second-order valence-electron chi connectivity index (χ2n) is 5.34.